The molecule has 1 aromatic carbocycles. The minimum Gasteiger partial charge on any atom is -0.623 e. The molecule has 1 atom stereocenters. The summed E-state index contributed by atoms with van der Waals surface area (Å²) in [6.07, 6.45) is 1.58. The van der Waals surface area contributed by atoms with E-state index in [1.165, 1.54) is 11.8 Å². The Morgan fingerprint density at radius 1 is 1.42 bits per heavy atom. The molecule has 0 unspecified atom stereocenters. The minimum absolute atomic E-state index is 0.249. The van der Waals surface area contributed by atoms with Crippen molar-refractivity contribution in [3.8, 4) is 0 Å². The second kappa shape index (κ2) is 5.31. The van der Waals surface area contributed by atoms with Gasteiger partial charge in [-0.3, -0.25) is 0 Å². The van der Waals surface area contributed by atoms with Crippen molar-refractivity contribution >= 4 is 46.1 Å². The van der Waals surface area contributed by atoms with Crippen molar-refractivity contribution < 1.29 is 4.74 Å². The molecule has 0 N–H and O–H groups in total. The number of thiocarbonyl (C=S) groups is 1. The van der Waals surface area contributed by atoms with Gasteiger partial charge in [0.2, 0.25) is 5.37 Å². The highest BCUT2D eigenvalue weighted by atomic mass is 35.5. The zero-order chi connectivity index (χ0) is 14.2. The first-order valence-electron chi connectivity index (χ1n) is 5.83. The van der Waals surface area contributed by atoms with Gasteiger partial charge in [-0.1, -0.05) is 23.8 Å². The van der Waals surface area contributed by atoms with Crippen LogP contribution in [-0.2, 0) is 0 Å². The predicted molar refractivity (Wildman–Crippen MR) is 86.1 cm³/mol. The van der Waals surface area contributed by atoms with Crippen LogP contribution < -0.4 is 0 Å². The number of benzene rings is 1. The Morgan fingerprint density at radius 2 is 2.00 bits per heavy atom. The maximum absolute atomic E-state index is 12.3. The normalized spacial score (nSPS) is 22.9. The number of hydrogen-bond donors (Lipinski definition) is 0. The zero-order valence-corrected chi connectivity index (χ0v) is 13.4. The number of nitrogens with zero attached hydrogens (tertiary/aromatic N) is 2. The number of likely N-dealkylation sites (N-methyl/N-ethyl adjacent to an activating group) is 1. The van der Waals surface area contributed by atoms with Gasteiger partial charge >= 0.3 is 0 Å². The lowest BCUT2D eigenvalue weighted by Gasteiger charge is -2.30. The lowest BCUT2D eigenvalue weighted by Crippen LogP contribution is -2.47. The lowest BCUT2D eigenvalue weighted by atomic mass is 10.0. The van der Waals surface area contributed by atoms with Crippen molar-refractivity contribution in [2.75, 3.05) is 7.05 Å². The van der Waals surface area contributed by atoms with E-state index in [4.69, 9.17) is 23.8 Å². The van der Waals surface area contributed by atoms with Gasteiger partial charge in [-0.15, -0.1) is 0 Å². The monoisotopic (exact) mass is 314 g/mol. The zero-order valence-electron chi connectivity index (χ0n) is 11.0. The fourth-order valence-corrected chi connectivity index (χ4v) is 3.68. The molecule has 6 heteroatoms. The van der Waals surface area contributed by atoms with Gasteiger partial charge in [-0.25, -0.2) is 0 Å². The molecule has 102 valence electrons. The molecule has 2 rings (SSSR count). The van der Waals surface area contributed by atoms with Crippen LogP contribution in [0.2, 0.25) is 5.02 Å². The van der Waals surface area contributed by atoms with Gasteiger partial charge in [-0.2, -0.15) is 4.74 Å². The first-order chi connectivity index (χ1) is 8.82. The van der Waals surface area contributed by atoms with Crippen LogP contribution in [0.15, 0.2) is 24.3 Å². The summed E-state index contributed by atoms with van der Waals surface area (Å²) in [5.41, 5.74) is 0.531. The first-order valence-corrected chi connectivity index (χ1v) is 7.49. The summed E-state index contributed by atoms with van der Waals surface area (Å²) in [5, 5.41) is 12.7. The van der Waals surface area contributed by atoms with Gasteiger partial charge < -0.3 is 10.1 Å². The molecule has 1 aliphatic rings. The van der Waals surface area contributed by atoms with Gasteiger partial charge in [-0.05, 0) is 49.9 Å². The van der Waals surface area contributed by atoms with E-state index in [0.29, 0.717) is 5.02 Å². The highest BCUT2D eigenvalue weighted by Crippen LogP contribution is 2.38. The van der Waals surface area contributed by atoms with Gasteiger partial charge in [0.1, 0.15) is 9.86 Å². The van der Waals surface area contributed by atoms with Crippen LogP contribution in [0, 0.1) is 5.21 Å². The van der Waals surface area contributed by atoms with Crippen molar-refractivity contribution in [3.63, 3.8) is 0 Å². The Bertz CT molecular complexity index is 528. The molecule has 3 nitrogen and oxygen atoms in total. The first kappa shape index (κ1) is 14.6. The van der Waals surface area contributed by atoms with Crippen LogP contribution in [0.5, 0.6) is 0 Å². The summed E-state index contributed by atoms with van der Waals surface area (Å²) in [6.45, 7) is 4.04. The minimum atomic E-state index is -0.299. The van der Waals surface area contributed by atoms with Gasteiger partial charge in [0.25, 0.3) is 0 Å². The molecule has 0 radical (unpaired) electrons. The van der Waals surface area contributed by atoms with Crippen LogP contribution in [0.1, 0.15) is 19.4 Å². The number of hydrogen-bond acceptors (Lipinski definition) is 3. The standard InChI is InChI=1S/C13H15ClN2OS2/c1-13(2)11(19-12(18)15(13)3)16(17)8-9-4-6-10(14)7-5-9/h4-8,11H,1-3H3/t11-/m1/s1. The molecule has 0 saturated carbocycles. The largest absolute Gasteiger partial charge is 0.623 e. The topological polar surface area (TPSA) is 29.3 Å². The number of rotatable bonds is 2. The summed E-state index contributed by atoms with van der Waals surface area (Å²) >= 11 is 12.5. The molecular weight excluding hydrogens is 300 g/mol. The van der Waals surface area contributed by atoms with E-state index in [-0.39, 0.29) is 10.9 Å². The van der Waals surface area contributed by atoms with Crippen LogP contribution in [0.3, 0.4) is 0 Å². The highest BCUT2D eigenvalue weighted by Gasteiger charge is 2.48. The summed E-state index contributed by atoms with van der Waals surface area (Å²) < 4.78 is 1.73. The van der Waals surface area contributed by atoms with Crippen molar-refractivity contribution in [1.29, 1.82) is 0 Å². The van der Waals surface area contributed by atoms with E-state index in [9.17, 15) is 5.21 Å². The average molecular weight is 315 g/mol. The number of halogens is 1. The Kier molecular flexibility index (Phi) is 4.08. The van der Waals surface area contributed by atoms with E-state index >= 15 is 0 Å². The third-order valence-corrected chi connectivity index (χ3v) is 5.63. The van der Waals surface area contributed by atoms with E-state index in [1.807, 2.05) is 37.9 Å². The molecule has 0 spiro atoms. The molecule has 0 bridgehead atoms. The molecule has 1 aromatic rings. The van der Waals surface area contributed by atoms with Gasteiger partial charge in [0.05, 0.1) is 0 Å². The quantitative estimate of drug-likeness (QED) is 0.275. The molecule has 1 heterocycles. The molecule has 19 heavy (non-hydrogen) atoms. The smallest absolute Gasteiger partial charge is 0.238 e. The number of thioether (sulfide) groups is 1. The molecule has 0 aliphatic carbocycles. The van der Waals surface area contributed by atoms with E-state index in [1.54, 1.807) is 18.3 Å². The van der Waals surface area contributed by atoms with Gasteiger partial charge in [0.15, 0.2) is 6.21 Å². The molecule has 1 saturated heterocycles. The lowest BCUT2D eigenvalue weighted by molar-refractivity contribution is -0.480. The van der Waals surface area contributed by atoms with Gasteiger partial charge in [0, 0.05) is 17.6 Å². The van der Waals surface area contributed by atoms with Crippen molar-refractivity contribution in [3.05, 3.63) is 40.1 Å². The fourth-order valence-electron chi connectivity index (χ4n) is 1.85. The van der Waals surface area contributed by atoms with Crippen LogP contribution in [0.25, 0.3) is 0 Å². The molecule has 1 fully saturated rings. The van der Waals surface area contributed by atoms with E-state index in [2.05, 4.69) is 0 Å². The Morgan fingerprint density at radius 3 is 2.47 bits per heavy atom. The summed E-state index contributed by atoms with van der Waals surface area (Å²) in [5.74, 6) is 0. The van der Waals surface area contributed by atoms with Crippen LogP contribution in [0.4, 0.5) is 0 Å². The van der Waals surface area contributed by atoms with Crippen molar-refractivity contribution in [2.45, 2.75) is 24.8 Å². The third-order valence-electron chi connectivity index (χ3n) is 3.33. The summed E-state index contributed by atoms with van der Waals surface area (Å²) in [6, 6.07) is 7.18. The summed E-state index contributed by atoms with van der Waals surface area (Å²) in [7, 11) is 1.92. The predicted octanol–water partition coefficient (Wildman–Crippen LogP) is 3.34. The molecule has 1 aliphatic heterocycles. The van der Waals surface area contributed by atoms with Crippen molar-refractivity contribution in [1.82, 2.24) is 4.90 Å². The Hall–Kier alpha value is -0.780. The maximum atomic E-state index is 12.3. The average Bonchev–Trinajstić information content (AvgIpc) is 2.56. The fraction of sp³-hybridized carbons (Fsp3) is 0.385. The Balaban J connectivity index is 2.27. The van der Waals surface area contributed by atoms with Crippen LogP contribution in [-0.4, -0.2) is 38.1 Å². The van der Waals surface area contributed by atoms with Crippen LogP contribution >= 0.6 is 35.6 Å². The molecule has 0 aromatic heterocycles. The SMILES string of the molecule is CN1C(=S)S[C@@H]([N+]([O-])=Cc2ccc(Cl)cc2)C1(C)C. The van der Waals surface area contributed by atoms with E-state index < -0.39 is 0 Å². The van der Waals surface area contributed by atoms with Crippen molar-refractivity contribution in [2.24, 2.45) is 0 Å². The molecule has 0 amide bonds. The summed E-state index contributed by atoms with van der Waals surface area (Å²) in [4.78, 5) is 1.97. The number of hydroxylamine groups is 1. The molecular formula is C13H15ClN2OS2. The highest BCUT2D eigenvalue weighted by molar-refractivity contribution is 8.23. The van der Waals surface area contributed by atoms with E-state index in [0.717, 1.165) is 14.6 Å². The third kappa shape index (κ3) is 2.88. The second-order valence-corrected chi connectivity index (χ2v) is 7.14. The maximum Gasteiger partial charge on any atom is 0.238 e. The second-order valence-electron chi connectivity index (χ2n) is 4.99. The Labute approximate surface area is 127 Å².